The number of benzene rings is 1. The van der Waals surface area contributed by atoms with Gasteiger partial charge in [-0.05, 0) is 5.56 Å². The van der Waals surface area contributed by atoms with E-state index in [1.807, 2.05) is 24.3 Å². The molecule has 0 aliphatic heterocycles. The molecule has 0 fully saturated rings. The highest BCUT2D eigenvalue weighted by Gasteiger charge is 2.13. The van der Waals surface area contributed by atoms with Crippen LogP contribution in [0.5, 0.6) is 0 Å². The third-order valence-electron chi connectivity index (χ3n) is 2.14. The Morgan fingerprint density at radius 1 is 1.53 bits per heavy atom. The molecule has 0 bridgehead atoms. The lowest BCUT2D eigenvalue weighted by atomic mass is 10.1. The standard InChI is InChI=1S/C14H14O3/c1-4-11-6-8-12(9-7-11)13(5-2)17-14(15)10-16-3/h2,4,6-9,13H,1,10H2,3H3. The average Bonchev–Trinajstić information content (AvgIpc) is 2.36. The quantitative estimate of drug-likeness (QED) is 0.574. The SMILES string of the molecule is C#CC(OC(=O)COC)c1ccc(C=C)cc1. The Hall–Kier alpha value is -2.05. The maximum absolute atomic E-state index is 11.2. The van der Waals surface area contributed by atoms with Crippen molar-refractivity contribution >= 4 is 12.0 Å². The first kappa shape index (κ1) is 13.0. The van der Waals surface area contributed by atoms with Gasteiger partial charge < -0.3 is 9.47 Å². The van der Waals surface area contributed by atoms with Gasteiger partial charge >= 0.3 is 5.97 Å². The van der Waals surface area contributed by atoms with Crippen LogP contribution in [-0.2, 0) is 14.3 Å². The van der Waals surface area contributed by atoms with Gasteiger partial charge in [0.1, 0.15) is 6.61 Å². The lowest BCUT2D eigenvalue weighted by Crippen LogP contribution is -2.14. The lowest BCUT2D eigenvalue weighted by molar-refractivity contribution is -0.151. The normalized spacial score (nSPS) is 11.3. The monoisotopic (exact) mass is 230 g/mol. The second kappa shape index (κ2) is 6.51. The fourth-order valence-corrected chi connectivity index (χ4v) is 1.29. The molecule has 0 aliphatic carbocycles. The Bertz CT molecular complexity index is 426. The molecule has 88 valence electrons. The summed E-state index contributed by atoms with van der Waals surface area (Å²) in [5.74, 6) is 1.94. The zero-order valence-corrected chi connectivity index (χ0v) is 9.68. The van der Waals surface area contributed by atoms with Crippen molar-refractivity contribution in [3.05, 3.63) is 42.0 Å². The zero-order valence-electron chi connectivity index (χ0n) is 9.68. The number of carbonyl (C=O) groups is 1. The van der Waals surface area contributed by atoms with Gasteiger partial charge in [-0.1, -0.05) is 42.8 Å². The van der Waals surface area contributed by atoms with Crippen molar-refractivity contribution in [2.24, 2.45) is 0 Å². The number of ether oxygens (including phenoxy) is 2. The molecule has 3 heteroatoms. The first-order chi connectivity index (χ1) is 8.21. The molecule has 1 aromatic rings. The average molecular weight is 230 g/mol. The molecule has 3 nitrogen and oxygen atoms in total. The second-order valence-corrected chi connectivity index (χ2v) is 3.34. The summed E-state index contributed by atoms with van der Waals surface area (Å²) in [4.78, 5) is 11.2. The van der Waals surface area contributed by atoms with Gasteiger partial charge in [-0.25, -0.2) is 4.79 Å². The highest BCUT2D eigenvalue weighted by molar-refractivity contribution is 5.71. The first-order valence-corrected chi connectivity index (χ1v) is 5.08. The molecule has 0 spiro atoms. The Morgan fingerprint density at radius 3 is 2.65 bits per heavy atom. The van der Waals surface area contributed by atoms with Crippen LogP contribution in [0.25, 0.3) is 6.08 Å². The third-order valence-corrected chi connectivity index (χ3v) is 2.14. The van der Waals surface area contributed by atoms with E-state index in [4.69, 9.17) is 11.2 Å². The van der Waals surface area contributed by atoms with E-state index < -0.39 is 12.1 Å². The molecule has 0 saturated heterocycles. The molecule has 1 unspecified atom stereocenters. The van der Waals surface area contributed by atoms with Crippen molar-refractivity contribution in [2.75, 3.05) is 13.7 Å². The fourth-order valence-electron chi connectivity index (χ4n) is 1.29. The molecular formula is C14H14O3. The van der Waals surface area contributed by atoms with Crippen LogP contribution >= 0.6 is 0 Å². The Balaban J connectivity index is 2.76. The summed E-state index contributed by atoms with van der Waals surface area (Å²) < 4.78 is 9.74. The largest absolute Gasteiger partial charge is 0.442 e. The van der Waals surface area contributed by atoms with Gasteiger partial charge in [-0.15, -0.1) is 6.42 Å². The van der Waals surface area contributed by atoms with Gasteiger partial charge in [0.15, 0.2) is 6.10 Å². The van der Waals surface area contributed by atoms with Crippen molar-refractivity contribution in [2.45, 2.75) is 6.10 Å². The van der Waals surface area contributed by atoms with Crippen LogP contribution in [0.4, 0.5) is 0 Å². The predicted octanol–water partition coefficient (Wildman–Crippen LogP) is 2.19. The van der Waals surface area contributed by atoms with E-state index in [-0.39, 0.29) is 6.61 Å². The van der Waals surface area contributed by atoms with E-state index in [0.717, 1.165) is 11.1 Å². The van der Waals surface area contributed by atoms with Crippen molar-refractivity contribution in [3.63, 3.8) is 0 Å². The van der Waals surface area contributed by atoms with Crippen molar-refractivity contribution in [1.82, 2.24) is 0 Å². The van der Waals surface area contributed by atoms with Gasteiger partial charge in [0.25, 0.3) is 0 Å². The minimum absolute atomic E-state index is 0.108. The summed E-state index contributed by atoms with van der Waals surface area (Å²) in [5.41, 5.74) is 1.73. The smallest absolute Gasteiger partial charge is 0.333 e. The molecule has 0 aliphatic rings. The summed E-state index contributed by atoms with van der Waals surface area (Å²) in [6, 6.07) is 7.33. The van der Waals surface area contributed by atoms with E-state index in [1.165, 1.54) is 7.11 Å². The van der Waals surface area contributed by atoms with Gasteiger partial charge in [-0.2, -0.15) is 0 Å². The van der Waals surface area contributed by atoms with Crippen LogP contribution in [0.1, 0.15) is 17.2 Å². The van der Waals surface area contributed by atoms with Crippen molar-refractivity contribution < 1.29 is 14.3 Å². The molecule has 0 aromatic heterocycles. The van der Waals surface area contributed by atoms with E-state index >= 15 is 0 Å². The van der Waals surface area contributed by atoms with Gasteiger partial charge in [-0.3, -0.25) is 0 Å². The van der Waals surface area contributed by atoms with Crippen LogP contribution < -0.4 is 0 Å². The summed E-state index contributed by atoms with van der Waals surface area (Å²) in [7, 11) is 1.42. The molecule has 1 aromatic carbocycles. The highest BCUT2D eigenvalue weighted by atomic mass is 16.6. The molecule has 0 heterocycles. The molecule has 0 radical (unpaired) electrons. The van der Waals surface area contributed by atoms with Crippen LogP contribution in [0, 0.1) is 12.3 Å². The summed E-state index contributed by atoms with van der Waals surface area (Å²) in [5, 5.41) is 0. The molecule has 0 saturated carbocycles. The minimum Gasteiger partial charge on any atom is -0.442 e. The van der Waals surface area contributed by atoms with Crippen LogP contribution in [0.3, 0.4) is 0 Å². The first-order valence-electron chi connectivity index (χ1n) is 5.08. The summed E-state index contributed by atoms with van der Waals surface area (Å²) in [6.07, 6.45) is 6.38. The zero-order chi connectivity index (χ0) is 12.7. The van der Waals surface area contributed by atoms with Gasteiger partial charge in [0, 0.05) is 12.7 Å². The van der Waals surface area contributed by atoms with Crippen molar-refractivity contribution in [1.29, 1.82) is 0 Å². The number of methoxy groups -OCH3 is 1. The number of carbonyl (C=O) groups excluding carboxylic acids is 1. The number of terminal acetylenes is 1. The van der Waals surface area contributed by atoms with E-state index in [2.05, 4.69) is 17.2 Å². The molecule has 0 amide bonds. The molecule has 1 atom stereocenters. The maximum atomic E-state index is 11.2. The summed E-state index contributed by atoms with van der Waals surface area (Å²) in [6.45, 7) is 3.55. The van der Waals surface area contributed by atoms with E-state index in [0.29, 0.717) is 0 Å². The number of esters is 1. The Labute approximate surface area is 101 Å². The Kier molecular flexibility index (Phi) is 4.99. The van der Waals surface area contributed by atoms with Gasteiger partial charge in [0.2, 0.25) is 0 Å². The minimum atomic E-state index is -0.684. The molecule has 1 rings (SSSR count). The lowest BCUT2D eigenvalue weighted by Gasteiger charge is -2.12. The second-order valence-electron chi connectivity index (χ2n) is 3.34. The highest BCUT2D eigenvalue weighted by Crippen LogP contribution is 2.17. The topological polar surface area (TPSA) is 35.5 Å². The fraction of sp³-hybridized carbons (Fsp3) is 0.214. The van der Waals surface area contributed by atoms with Crippen LogP contribution in [-0.4, -0.2) is 19.7 Å². The number of rotatable bonds is 5. The Morgan fingerprint density at radius 2 is 2.18 bits per heavy atom. The van der Waals surface area contributed by atoms with Crippen molar-refractivity contribution in [3.8, 4) is 12.3 Å². The molecule has 0 N–H and O–H groups in total. The van der Waals surface area contributed by atoms with E-state index in [1.54, 1.807) is 6.08 Å². The third kappa shape index (κ3) is 3.78. The molecule has 17 heavy (non-hydrogen) atoms. The number of hydrogen-bond donors (Lipinski definition) is 0. The summed E-state index contributed by atoms with van der Waals surface area (Å²) >= 11 is 0. The predicted molar refractivity (Wildman–Crippen MR) is 66.1 cm³/mol. The van der Waals surface area contributed by atoms with Crippen LogP contribution in [0.2, 0.25) is 0 Å². The number of hydrogen-bond acceptors (Lipinski definition) is 3. The van der Waals surface area contributed by atoms with Crippen LogP contribution in [0.15, 0.2) is 30.8 Å². The maximum Gasteiger partial charge on any atom is 0.333 e. The van der Waals surface area contributed by atoms with Gasteiger partial charge in [0.05, 0.1) is 0 Å². The molecular weight excluding hydrogens is 216 g/mol. The van der Waals surface area contributed by atoms with E-state index in [9.17, 15) is 4.79 Å².